The maximum Gasteiger partial charge on any atom is 0.291 e. The van der Waals surface area contributed by atoms with Gasteiger partial charge in [0.25, 0.3) is 26.2 Å². The van der Waals surface area contributed by atoms with Crippen LogP contribution in [-0.2, 0) is 14.8 Å². The van der Waals surface area contributed by atoms with E-state index in [-0.39, 0.29) is 26.6 Å². The van der Waals surface area contributed by atoms with Crippen molar-refractivity contribution in [2.24, 2.45) is 0 Å². The lowest BCUT2D eigenvalue weighted by atomic mass is 10.1. The Hall–Kier alpha value is -3.35. The number of ether oxygens (including phenoxy) is 1. The molecule has 1 fully saturated rings. The molecule has 0 spiro atoms. The van der Waals surface area contributed by atoms with Crippen molar-refractivity contribution >= 4 is 44.0 Å². The summed E-state index contributed by atoms with van der Waals surface area (Å²) in [5.74, 6) is -0.715. The van der Waals surface area contributed by atoms with Crippen LogP contribution in [0.5, 0.6) is 0 Å². The largest absolute Gasteiger partial charge is 0.378 e. The van der Waals surface area contributed by atoms with E-state index in [2.05, 4.69) is 20.2 Å². The zero-order chi connectivity index (χ0) is 23.4. The smallest absolute Gasteiger partial charge is 0.291 e. The number of benzene rings is 2. The van der Waals surface area contributed by atoms with Crippen LogP contribution in [0.1, 0.15) is 26.3 Å². The fraction of sp³-hybridized carbons (Fsp3) is 0.238. The molecule has 0 unspecified atom stereocenters. The minimum atomic E-state index is -4.14. The van der Waals surface area contributed by atoms with Crippen LogP contribution in [0.2, 0.25) is 0 Å². The number of carbonyl (C=O) groups excluding carboxylic acids is 2. The number of carbonyl (C=O) groups is 2. The minimum Gasteiger partial charge on any atom is -0.378 e. The van der Waals surface area contributed by atoms with Crippen LogP contribution in [0.25, 0.3) is 0 Å². The normalized spacial score (nSPS) is 14.0. The van der Waals surface area contributed by atoms with Gasteiger partial charge in [-0.05, 0) is 31.2 Å². The molecule has 0 aliphatic carbocycles. The summed E-state index contributed by atoms with van der Waals surface area (Å²) >= 11 is 0.712. The number of anilines is 2. The van der Waals surface area contributed by atoms with E-state index >= 15 is 0 Å². The molecule has 2 amide bonds. The highest BCUT2D eigenvalue weighted by atomic mass is 32.2. The zero-order valence-corrected chi connectivity index (χ0v) is 19.3. The van der Waals surface area contributed by atoms with Crippen molar-refractivity contribution in [1.29, 1.82) is 0 Å². The molecule has 2 aromatic carbocycles. The first-order valence-corrected chi connectivity index (χ1v) is 12.3. The molecule has 2 heterocycles. The summed E-state index contributed by atoms with van der Waals surface area (Å²) < 4.78 is 33.2. The highest BCUT2D eigenvalue weighted by Gasteiger charge is 2.26. The molecule has 172 valence electrons. The zero-order valence-electron chi connectivity index (χ0n) is 17.6. The molecule has 12 heteroatoms. The molecule has 4 rings (SSSR count). The van der Waals surface area contributed by atoms with E-state index in [1.165, 1.54) is 6.07 Å². The van der Waals surface area contributed by atoms with E-state index < -0.39 is 15.9 Å². The lowest BCUT2D eigenvalue weighted by Gasteiger charge is -2.27. The van der Waals surface area contributed by atoms with Crippen molar-refractivity contribution in [2.75, 3.05) is 36.3 Å². The van der Waals surface area contributed by atoms with Gasteiger partial charge in [-0.15, -0.1) is 10.2 Å². The number of aryl methyl sites for hydroxylation is 1. The van der Waals surface area contributed by atoms with Gasteiger partial charge in [-0.3, -0.25) is 19.6 Å². The standard InChI is InChI=1S/C21H21N5O5S2/c1-14-5-4-6-15(13-14)18(27)22-20-23-24-21(32-20)33(29,30)25-17-8-3-2-7-16(17)19(28)26-9-11-31-12-10-26/h2-8,13,25H,9-12H2,1H3,(H,22,23,27). The number of nitrogens with one attached hydrogen (secondary N) is 2. The van der Waals surface area contributed by atoms with E-state index in [4.69, 9.17) is 4.74 Å². The predicted molar refractivity (Wildman–Crippen MR) is 123 cm³/mol. The van der Waals surface area contributed by atoms with E-state index in [1.807, 2.05) is 13.0 Å². The molecule has 2 N–H and O–H groups in total. The van der Waals surface area contributed by atoms with E-state index in [9.17, 15) is 18.0 Å². The number of nitrogens with zero attached hydrogens (tertiary/aromatic N) is 3. The van der Waals surface area contributed by atoms with E-state index in [0.717, 1.165) is 5.56 Å². The quantitative estimate of drug-likeness (QED) is 0.511. The Morgan fingerprint density at radius 3 is 2.58 bits per heavy atom. The topological polar surface area (TPSA) is 131 Å². The van der Waals surface area contributed by atoms with Crippen LogP contribution in [0, 0.1) is 6.92 Å². The number of morpholine rings is 1. The van der Waals surface area contributed by atoms with Crippen molar-refractivity contribution in [2.45, 2.75) is 11.3 Å². The Labute approximate surface area is 194 Å². The summed E-state index contributed by atoms with van der Waals surface area (Å²) in [5, 5.41) is 10.1. The lowest BCUT2D eigenvalue weighted by molar-refractivity contribution is 0.0303. The van der Waals surface area contributed by atoms with Gasteiger partial charge in [-0.25, -0.2) is 0 Å². The first-order valence-electron chi connectivity index (χ1n) is 10.0. The first kappa shape index (κ1) is 22.8. The van der Waals surface area contributed by atoms with Gasteiger partial charge in [0.2, 0.25) is 5.13 Å². The molecule has 0 bridgehead atoms. The molecule has 1 aromatic heterocycles. The second-order valence-corrected chi connectivity index (χ2v) is 10.1. The first-order chi connectivity index (χ1) is 15.8. The minimum absolute atomic E-state index is 0.0413. The number of hydrogen-bond acceptors (Lipinski definition) is 8. The third kappa shape index (κ3) is 5.35. The SMILES string of the molecule is Cc1cccc(C(=O)Nc2nnc(S(=O)(=O)Nc3ccccc3C(=O)N3CCOCC3)s2)c1. The predicted octanol–water partition coefficient (Wildman–Crippen LogP) is 2.37. The van der Waals surface area contributed by atoms with Crippen LogP contribution in [0.3, 0.4) is 0 Å². The second kappa shape index (κ2) is 9.65. The van der Waals surface area contributed by atoms with Crippen molar-refractivity contribution in [3.05, 3.63) is 65.2 Å². The molecule has 1 aliphatic rings. The van der Waals surface area contributed by atoms with Crippen molar-refractivity contribution < 1.29 is 22.7 Å². The summed E-state index contributed by atoms with van der Waals surface area (Å²) in [7, 11) is -4.14. The molecular formula is C21H21N5O5S2. The third-order valence-corrected chi connectivity index (χ3v) is 7.41. The number of hydrogen-bond donors (Lipinski definition) is 2. The second-order valence-electron chi connectivity index (χ2n) is 7.25. The van der Waals surface area contributed by atoms with Gasteiger partial charge in [0.1, 0.15) is 0 Å². The Bertz CT molecular complexity index is 1290. The molecule has 0 radical (unpaired) electrons. The average Bonchev–Trinajstić information content (AvgIpc) is 3.29. The van der Waals surface area contributed by atoms with Gasteiger partial charge in [0.15, 0.2) is 0 Å². The molecular weight excluding hydrogens is 466 g/mol. The Balaban J connectivity index is 1.50. The number of para-hydroxylation sites is 1. The summed E-state index contributed by atoms with van der Waals surface area (Å²) in [5.41, 5.74) is 1.69. The third-order valence-electron chi connectivity index (χ3n) is 4.84. The van der Waals surface area contributed by atoms with Crippen LogP contribution in [-0.4, -0.2) is 61.6 Å². The molecule has 0 saturated carbocycles. The average molecular weight is 488 g/mol. The Morgan fingerprint density at radius 1 is 1.06 bits per heavy atom. The summed E-state index contributed by atoms with van der Waals surface area (Å²) in [6, 6.07) is 13.3. The van der Waals surface area contributed by atoms with E-state index in [0.29, 0.717) is 43.2 Å². The molecule has 33 heavy (non-hydrogen) atoms. The number of rotatable bonds is 6. The fourth-order valence-electron chi connectivity index (χ4n) is 3.21. The molecule has 0 atom stereocenters. The van der Waals surface area contributed by atoms with Crippen molar-refractivity contribution in [1.82, 2.24) is 15.1 Å². The van der Waals surface area contributed by atoms with Crippen molar-refractivity contribution in [3.63, 3.8) is 0 Å². The van der Waals surface area contributed by atoms with Gasteiger partial charge in [-0.2, -0.15) is 8.42 Å². The summed E-state index contributed by atoms with van der Waals surface area (Å²) in [6.45, 7) is 3.59. The fourth-order valence-corrected chi connectivity index (χ4v) is 5.18. The van der Waals surface area contributed by atoms with E-state index in [1.54, 1.807) is 41.3 Å². The number of sulfonamides is 1. The van der Waals surface area contributed by atoms with Gasteiger partial charge in [0.05, 0.1) is 24.5 Å². The molecule has 3 aromatic rings. The Kier molecular flexibility index (Phi) is 6.67. The van der Waals surface area contributed by atoms with Crippen LogP contribution in [0.4, 0.5) is 10.8 Å². The van der Waals surface area contributed by atoms with Gasteiger partial charge < -0.3 is 9.64 Å². The molecule has 10 nitrogen and oxygen atoms in total. The summed E-state index contributed by atoms with van der Waals surface area (Å²) in [4.78, 5) is 26.9. The molecule has 1 saturated heterocycles. The lowest BCUT2D eigenvalue weighted by Crippen LogP contribution is -2.41. The number of amides is 2. The maximum atomic E-state index is 12.9. The highest BCUT2D eigenvalue weighted by Crippen LogP contribution is 2.25. The number of aromatic nitrogens is 2. The maximum absolute atomic E-state index is 12.9. The molecule has 1 aliphatic heterocycles. The van der Waals surface area contributed by atoms with Crippen LogP contribution >= 0.6 is 11.3 Å². The highest BCUT2D eigenvalue weighted by molar-refractivity contribution is 7.94. The van der Waals surface area contributed by atoms with Gasteiger partial charge >= 0.3 is 0 Å². The van der Waals surface area contributed by atoms with Crippen molar-refractivity contribution in [3.8, 4) is 0 Å². The monoisotopic (exact) mass is 487 g/mol. The van der Waals surface area contributed by atoms with Gasteiger partial charge in [-0.1, -0.05) is 41.2 Å². The summed E-state index contributed by atoms with van der Waals surface area (Å²) in [6.07, 6.45) is 0. The van der Waals surface area contributed by atoms with Gasteiger partial charge in [0, 0.05) is 18.7 Å². The Morgan fingerprint density at radius 2 is 1.82 bits per heavy atom. The van der Waals surface area contributed by atoms with Crippen LogP contribution < -0.4 is 10.0 Å². The van der Waals surface area contributed by atoms with Crippen LogP contribution in [0.15, 0.2) is 52.9 Å².